The highest BCUT2D eigenvalue weighted by molar-refractivity contribution is 9.10. The Labute approximate surface area is 196 Å². The zero-order valence-electron chi connectivity index (χ0n) is 17.7. The molecule has 3 aromatic rings. The second kappa shape index (κ2) is 7.93. The lowest BCUT2D eigenvalue weighted by Crippen LogP contribution is -2.43. The van der Waals surface area contributed by atoms with E-state index in [1.54, 1.807) is 0 Å². The van der Waals surface area contributed by atoms with Gasteiger partial charge in [0.1, 0.15) is 6.61 Å². The van der Waals surface area contributed by atoms with Crippen LogP contribution in [0.5, 0.6) is 0 Å². The van der Waals surface area contributed by atoms with Crippen LogP contribution in [0, 0.1) is 0 Å². The molecule has 1 fully saturated rings. The van der Waals surface area contributed by atoms with Crippen LogP contribution in [0.3, 0.4) is 0 Å². The molecule has 1 aliphatic carbocycles. The topological polar surface area (TPSA) is 29.5 Å². The predicted octanol–water partition coefficient (Wildman–Crippen LogP) is 7.02. The third kappa shape index (κ3) is 3.29. The number of benzene rings is 3. The highest BCUT2D eigenvalue weighted by Gasteiger charge is 2.41. The number of fused-ring (bicyclic) bond motifs is 5. The maximum Gasteiger partial charge on any atom is 0.410 e. The minimum Gasteiger partial charge on any atom is -0.448 e. The lowest BCUT2D eigenvalue weighted by molar-refractivity contribution is 0.0866. The molecule has 1 saturated heterocycles. The number of carbonyl (C=O) groups excluding carboxylic acids is 1. The summed E-state index contributed by atoms with van der Waals surface area (Å²) >= 11 is 3.57. The summed E-state index contributed by atoms with van der Waals surface area (Å²) in [4.78, 5) is 15.2. The molecule has 3 aromatic carbocycles. The van der Waals surface area contributed by atoms with Crippen LogP contribution >= 0.6 is 15.9 Å². The molecule has 2 atom stereocenters. The molecule has 2 aliphatic heterocycles. The van der Waals surface area contributed by atoms with Gasteiger partial charge in [-0.05, 0) is 64.8 Å². The van der Waals surface area contributed by atoms with Crippen LogP contribution in [0.4, 0.5) is 4.79 Å². The number of nitrogens with zero attached hydrogens (tertiary/aromatic N) is 1. The van der Waals surface area contributed by atoms with E-state index in [-0.39, 0.29) is 24.1 Å². The Morgan fingerprint density at radius 3 is 2.34 bits per heavy atom. The zero-order valence-corrected chi connectivity index (χ0v) is 19.3. The van der Waals surface area contributed by atoms with Gasteiger partial charge in [0.2, 0.25) is 0 Å². The summed E-state index contributed by atoms with van der Waals surface area (Å²) in [5.74, 6) is 0.0987. The van der Waals surface area contributed by atoms with Crippen molar-refractivity contribution >= 4 is 27.6 Å². The fourth-order valence-corrected chi connectivity index (χ4v) is 6.08. The third-order valence-corrected chi connectivity index (χ3v) is 7.63. The van der Waals surface area contributed by atoms with Gasteiger partial charge in [-0.3, -0.25) is 4.90 Å². The molecular weight excluding hydrogens is 462 g/mol. The van der Waals surface area contributed by atoms with Crippen molar-refractivity contribution in [1.82, 2.24) is 4.90 Å². The van der Waals surface area contributed by atoms with Crippen molar-refractivity contribution in [3.8, 4) is 11.1 Å². The number of carbonyl (C=O) groups is 1. The Morgan fingerprint density at radius 1 is 0.938 bits per heavy atom. The quantitative estimate of drug-likeness (QED) is 0.398. The van der Waals surface area contributed by atoms with E-state index in [9.17, 15) is 4.79 Å². The van der Waals surface area contributed by atoms with E-state index < -0.39 is 0 Å². The Kier molecular flexibility index (Phi) is 4.91. The van der Waals surface area contributed by atoms with E-state index in [4.69, 9.17) is 4.74 Å². The second-order valence-electron chi connectivity index (χ2n) is 8.92. The van der Waals surface area contributed by atoms with Crippen molar-refractivity contribution in [3.63, 3.8) is 0 Å². The summed E-state index contributed by atoms with van der Waals surface area (Å²) in [6.07, 6.45) is 5.02. The van der Waals surface area contributed by atoms with Crippen LogP contribution in [0.1, 0.15) is 41.9 Å². The summed E-state index contributed by atoms with van der Waals surface area (Å²) in [5, 5.41) is 0. The first-order valence-electron chi connectivity index (χ1n) is 11.3. The number of ether oxygens (including phenoxy) is 1. The van der Waals surface area contributed by atoms with Crippen molar-refractivity contribution < 1.29 is 9.53 Å². The van der Waals surface area contributed by atoms with Crippen molar-refractivity contribution in [2.75, 3.05) is 6.61 Å². The molecule has 32 heavy (non-hydrogen) atoms. The lowest BCUT2D eigenvalue weighted by Gasteiger charge is -2.33. The number of rotatable bonds is 3. The molecule has 3 aliphatic rings. The van der Waals surface area contributed by atoms with E-state index in [0.29, 0.717) is 6.61 Å². The Balaban J connectivity index is 1.20. The fourth-order valence-electron chi connectivity index (χ4n) is 5.69. The number of halogens is 1. The molecule has 160 valence electrons. The summed E-state index contributed by atoms with van der Waals surface area (Å²) in [6.45, 7) is 0.380. The first kappa shape index (κ1) is 19.8. The minimum atomic E-state index is -0.177. The van der Waals surface area contributed by atoms with Gasteiger partial charge in [-0.1, -0.05) is 82.7 Å². The van der Waals surface area contributed by atoms with E-state index >= 15 is 0 Å². The molecular formula is C28H24BrNO2. The highest BCUT2D eigenvalue weighted by Crippen LogP contribution is 2.45. The van der Waals surface area contributed by atoms with E-state index in [1.165, 1.54) is 33.4 Å². The minimum absolute atomic E-state index is 0.0987. The van der Waals surface area contributed by atoms with Crippen molar-refractivity contribution in [1.29, 1.82) is 0 Å². The van der Waals surface area contributed by atoms with Crippen molar-refractivity contribution in [2.24, 2.45) is 0 Å². The van der Waals surface area contributed by atoms with Gasteiger partial charge in [-0.25, -0.2) is 4.79 Å². The van der Waals surface area contributed by atoms with Crippen molar-refractivity contribution in [2.45, 2.75) is 37.3 Å². The van der Waals surface area contributed by atoms with Gasteiger partial charge in [0, 0.05) is 16.4 Å². The molecule has 2 bridgehead atoms. The van der Waals surface area contributed by atoms with Gasteiger partial charge in [-0.2, -0.15) is 0 Å². The average Bonchev–Trinajstić information content (AvgIpc) is 3.28. The molecule has 3 nitrogen and oxygen atoms in total. The number of hydrogen-bond donors (Lipinski definition) is 0. The molecule has 4 heteroatoms. The van der Waals surface area contributed by atoms with Gasteiger partial charge >= 0.3 is 6.09 Å². The SMILES string of the molecule is O=C(OCC1c2ccccc2-c2ccccc21)N1C2C=C(c3cccc(Br)c3)CC1CC2. The van der Waals surface area contributed by atoms with Crippen LogP contribution in [0.25, 0.3) is 16.7 Å². The maximum absolute atomic E-state index is 13.2. The molecule has 0 saturated carbocycles. The van der Waals surface area contributed by atoms with Crippen LogP contribution in [0.15, 0.2) is 83.3 Å². The second-order valence-corrected chi connectivity index (χ2v) is 9.83. The predicted molar refractivity (Wildman–Crippen MR) is 130 cm³/mol. The van der Waals surface area contributed by atoms with Gasteiger partial charge in [-0.15, -0.1) is 0 Å². The fraction of sp³-hybridized carbons (Fsp3) is 0.250. The number of hydrogen-bond acceptors (Lipinski definition) is 2. The van der Waals surface area contributed by atoms with Gasteiger partial charge < -0.3 is 4.74 Å². The van der Waals surface area contributed by atoms with E-state index in [2.05, 4.69) is 88.7 Å². The Hall–Kier alpha value is -2.85. The van der Waals surface area contributed by atoms with Crippen LogP contribution in [0.2, 0.25) is 0 Å². The maximum atomic E-state index is 13.2. The smallest absolute Gasteiger partial charge is 0.410 e. The Bertz CT molecular complexity index is 1190. The zero-order chi connectivity index (χ0) is 21.7. The van der Waals surface area contributed by atoms with Crippen LogP contribution < -0.4 is 0 Å². The molecule has 0 spiro atoms. The summed E-state index contributed by atoms with van der Waals surface area (Å²) in [7, 11) is 0. The standard InChI is InChI=1S/C28H24BrNO2/c29-20-7-5-6-18(14-20)19-15-21-12-13-22(16-19)30(21)28(31)32-17-27-25-10-3-1-8-23(25)24-9-2-4-11-26(24)27/h1-11,14-15,21-22,27H,12-13,16-17H2. The first-order valence-corrected chi connectivity index (χ1v) is 12.1. The van der Waals surface area contributed by atoms with Crippen LogP contribution in [-0.4, -0.2) is 29.7 Å². The molecule has 0 aromatic heterocycles. The molecule has 2 heterocycles. The summed E-state index contributed by atoms with van der Waals surface area (Å²) in [5.41, 5.74) is 7.58. The Morgan fingerprint density at radius 2 is 1.66 bits per heavy atom. The van der Waals surface area contributed by atoms with Gasteiger partial charge in [0.25, 0.3) is 0 Å². The van der Waals surface area contributed by atoms with Gasteiger partial charge in [0.05, 0.1) is 6.04 Å². The average molecular weight is 486 g/mol. The highest BCUT2D eigenvalue weighted by atomic mass is 79.9. The van der Waals surface area contributed by atoms with E-state index in [1.807, 2.05) is 11.0 Å². The molecule has 6 rings (SSSR count). The lowest BCUT2D eigenvalue weighted by atomic mass is 9.95. The molecule has 2 unspecified atom stereocenters. The normalized spacial score (nSPS) is 21.2. The molecule has 0 radical (unpaired) electrons. The molecule has 0 N–H and O–H groups in total. The van der Waals surface area contributed by atoms with Crippen LogP contribution in [-0.2, 0) is 4.74 Å². The van der Waals surface area contributed by atoms with Crippen molar-refractivity contribution in [3.05, 3.63) is 100 Å². The van der Waals surface area contributed by atoms with Gasteiger partial charge in [0.15, 0.2) is 0 Å². The first-order chi connectivity index (χ1) is 15.7. The largest absolute Gasteiger partial charge is 0.448 e. The third-order valence-electron chi connectivity index (χ3n) is 7.14. The summed E-state index contributed by atoms with van der Waals surface area (Å²) < 4.78 is 7.06. The monoisotopic (exact) mass is 485 g/mol. The summed E-state index contributed by atoms with van der Waals surface area (Å²) in [6, 6.07) is 25.7. The number of amides is 1. The molecule has 1 amide bonds. The van der Waals surface area contributed by atoms with E-state index in [0.717, 1.165) is 23.7 Å².